The van der Waals surface area contributed by atoms with Crippen molar-refractivity contribution in [1.82, 2.24) is 9.78 Å². The van der Waals surface area contributed by atoms with Gasteiger partial charge in [0.15, 0.2) is 0 Å². The van der Waals surface area contributed by atoms with Gasteiger partial charge in [0.05, 0.1) is 5.69 Å². The Labute approximate surface area is 86.3 Å². The molecule has 0 aliphatic rings. The van der Waals surface area contributed by atoms with E-state index in [1.807, 2.05) is 6.92 Å². The Morgan fingerprint density at radius 1 is 1.60 bits per heavy atom. The van der Waals surface area contributed by atoms with Crippen LogP contribution in [0.1, 0.15) is 11.5 Å². The van der Waals surface area contributed by atoms with E-state index < -0.39 is 0 Å². The standard InChI is InChI=1S/C10H12N2O3/c1-6-9-8(11-12(6)2)4-7(5-14-3)15-10(9)13/h4H,5H2,1-3H3. The van der Waals surface area contributed by atoms with E-state index in [0.717, 1.165) is 5.69 Å². The molecule has 0 saturated heterocycles. The lowest BCUT2D eigenvalue weighted by molar-refractivity contribution is 0.161. The molecule has 0 aliphatic heterocycles. The average molecular weight is 208 g/mol. The lowest BCUT2D eigenvalue weighted by Crippen LogP contribution is -2.03. The first-order chi connectivity index (χ1) is 7.13. The Balaban J connectivity index is 2.73. The predicted octanol–water partition coefficient (Wildman–Crippen LogP) is 0.981. The predicted molar refractivity (Wildman–Crippen MR) is 54.7 cm³/mol. The second kappa shape index (κ2) is 3.51. The average Bonchev–Trinajstić information content (AvgIpc) is 2.43. The normalized spacial score (nSPS) is 11.1. The molecular formula is C10H12N2O3. The van der Waals surface area contributed by atoms with E-state index in [2.05, 4.69) is 5.10 Å². The Hall–Kier alpha value is -1.62. The van der Waals surface area contributed by atoms with Crippen molar-refractivity contribution in [3.63, 3.8) is 0 Å². The van der Waals surface area contributed by atoms with Crippen molar-refractivity contribution in [2.24, 2.45) is 7.05 Å². The second-order valence-corrected chi connectivity index (χ2v) is 3.40. The largest absolute Gasteiger partial charge is 0.425 e. The van der Waals surface area contributed by atoms with Crippen molar-refractivity contribution < 1.29 is 9.15 Å². The van der Waals surface area contributed by atoms with Gasteiger partial charge in [0.25, 0.3) is 0 Å². The first-order valence-corrected chi connectivity index (χ1v) is 4.58. The Morgan fingerprint density at radius 3 is 3.00 bits per heavy atom. The number of nitrogens with zero attached hydrogens (tertiary/aromatic N) is 2. The molecule has 2 aromatic rings. The fourth-order valence-corrected chi connectivity index (χ4v) is 1.55. The minimum Gasteiger partial charge on any atom is -0.425 e. The molecular weight excluding hydrogens is 196 g/mol. The van der Waals surface area contributed by atoms with Crippen LogP contribution in [-0.2, 0) is 18.4 Å². The van der Waals surface area contributed by atoms with Crippen LogP contribution in [-0.4, -0.2) is 16.9 Å². The van der Waals surface area contributed by atoms with Gasteiger partial charge in [-0.05, 0) is 6.92 Å². The summed E-state index contributed by atoms with van der Waals surface area (Å²) in [5.41, 5.74) is 1.10. The summed E-state index contributed by atoms with van der Waals surface area (Å²) in [5.74, 6) is 0.494. The number of ether oxygens (including phenoxy) is 1. The van der Waals surface area contributed by atoms with Gasteiger partial charge in [-0.25, -0.2) is 4.79 Å². The van der Waals surface area contributed by atoms with E-state index in [9.17, 15) is 4.79 Å². The van der Waals surface area contributed by atoms with Crippen LogP contribution in [0.5, 0.6) is 0 Å². The third-order valence-corrected chi connectivity index (χ3v) is 2.37. The third-order valence-electron chi connectivity index (χ3n) is 2.37. The topological polar surface area (TPSA) is 57.3 Å². The first-order valence-electron chi connectivity index (χ1n) is 4.58. The van der Waals surface area contributed by atoms with Crippen molar-refractivity contribution in [1.29, 1.82) is 0 Å². The summed E-state index contributed by atoms with van der Waals surface area (Å²) in [7, 11) is 3.35. The lowest BCUT2D eigenvalue weighted by Gasteiger charge is -1.96. The highest BCUT2D eigenvalue weighted by Crippen LogP contribution is 2.14. The zero-order valence-corrected chi connectivity index (χ0v) is 8.90. The van der Waals surface area contributed by atoms with Crippen LogP contribution in [0, 0.1) is 6.92 Å². The molecule has 0 fully saturated rings. The van der Waals surface area contributed by atoms with Crippen molar-refractivity contribution in [3.8, 4) is 0 Å². The van der Waals surface area contributed by atoms with E-state index >= 15 is 0 Å². The van der Waals surface area contributed by atoms with E-state index in [0.29, 0.717) is 16.7 Å². The van der Waals surface area contributed by atoms with Gasteiger partial charge in [0, 0.05) is 20.2 Å². The van der Waals surface area contributed by atoms with Crippen LogP contribution in [0.15, 0.2) is 15.3 Å². The number of aryl methyl sites for hydroxylation is 2. The van der Waals surface area contributed by atoms with Crippen LogP contribution in [0.4, 0.5) is 0 Å². The highest BCUT2D eigenvalue weighted by molar-refractivity contribution is 5.79. The molecule has 80 valence electrons. The Morgan fingerprint density at radius 2 is 2.33 bits per heavy atom. The summed E-state index contributed by atoms with van der Waals surface area (Å²) in [6, 6.07) is 1.73. The molecule has 0 atom stereocenters. The summed E-state index contributed by atoms with van der Waals surface area (Å²) >= 11 is 0. The zero-order chi connectivity index (χ0) is 11.0. The minimum absolute atomic E-state index is 0.279. The van der Waals surface area contributed by atoms with Crippen LogP contribution in [0.25, 0.3) is 10.9 Å². The van der Waals surface area contributed by atoms with Crippen molar-refractivity contribution in [2.45, 2.75) is 13.5 Å². The molecule has 15 heavy (non-hydrogen) atoms. The van der Waals surface area contributed by atoms with Gasteiger partial charge < -0.3 is 9.15 Å². The maximum absolute atomic E-state index is 11.6. The number of methoxy groups -OCH3 is 1. The summed E-state index contributed by atoms with van der Waals surface area (Å²) < 4.78 is 11.7. The minimum atomic E-state index is -0.356. The summed E-state index contributed by atoms with van der Waals surface area (Å²) in [5, 5.41) is 4.76. The number of fused-ring (bicyclic) bond motifs is 1. The van der Waals surface area contributed by atoms with Gasteiger partial charge in [0.2, 0.25) is 0 Å². The van der Waals surface area contributed by atoms with Gasteiger partial charge in [0.1, 0.15) is 23.3 Å². The molecule has 5 nitrogen and oxygen atoms in total. The molecule has 2 rings (SSSR count). The van der Waals surface area contributed by atoms with Crippen molar-refractivity contribution in [2.75, 3.05) is 7.11 Å². The van der Waals surface area contributed by atoms with Gasteiger partial charge in [-0.15, -0.1) is 0 Å². The summed E-state index contributed by atoms with van der Waals surface area (Å²) in [6.45, 7) is 2.11. The van der Waals surface area contributed by atoms with Crippen molar-refractivity contribution in [3.05, 3.63) is 27.9 Å². The number of hydrogen-bond acceptors (Lipinski definition) is 4. The molecule has 2 heterocycles. The van der Waals surface area contributed by atoms with Gasteiger partial charge in [-0.3, -0.25) is 4.68 Å². The zero-order valence-electron chi connectivity index (χ0n) is 8.90. The van der Waals surface area contributed by atoms with Crippen molar-refractivity contribution >= 4 is 10.9 Å². The maximum atomic E-state index is 11.6. The van der Waals surface area contributed by atoms with Gasteiger partial charge in [-0.1, -0.05) is 0 Å². The number of rotatable bonds is 2. The van der Waals surface area contributed by atoms with Crippen LogP contribution >= 0.6 is 0 Å². The summed E-state index contributed by atoms with van der Waals surface area (Å²) in [6.07, 6.45) is 0. The first kappa shape index (κ1) is 9.92. The van der Waals surface area contributed by atoms with Crippen LogP contribution < -0.4 is 5.63 Å². The van der Waals surface area contributed by atoms with E-state index in [4.69, 9.17) is 9.15 Å². The molecule has 0 aliphatic carbocycles. The quantitative estimate of drug-likeness (QED) is 0.738. The Kier molecular flexibility index (Phi) is 2.32. The van der Waals surface area contributed by atoms with Crippen LogP contribution in [0.2, 0.25) is 0 Å². The molecule has 0 radical (unpaired) electrons. The molecule has 0 unspecified atom stereocenters. The number of hydrogen-bond donors (Lipinski definition) is 0. The molecule has 2 aromatic heterocycles. The SMILES string of the molecule is COCc1cc2nn(C)c(C)c2c(=O)o1. The highest BCUT2D eigenvalue weighted by Gasteiger charge is 2.11. The highest BCUT2D eigenvalue weighted by atomic mass is 16.5. The lowest BCUT2D eigenvalue weighted by atomic mass is 10.2. The summed E-state index contributed by atoms with van der Waals surface area (Å²) in [4.78, 5) is 11.6. The maximum Gasteiger partial charge on any atom is 0.347 e. The van der Waals surface area contributed by atoms with E-state index in [-0.39, 0.29) is 12.2 Å². The second-order valence-electron chi connectivity index (χ2n) is 3.40. The van der Waals surface area contributed by atoms with E-state index in [1.54, 1.807) is 24.9 Å². The molecule has 5 heteroatoms. The molecule has 0 spiro atoms. The monoisotopic (exact) mass is 208 g/mol. The molecule has 0 aromatic carbocycles. The smallest absolute Gasteiger partial charge is 0.347 e. The van der Waals surface area contributed by atoms with Gasteiger partial charge in [-0.2, -0.15) is 5.10 Å². The third kappa shape index (κ3) is 1.55. The molecule has 0 amide bonds. The molecule has 0 saturated carbocycles. The fourth-order valence-electron chi connectivity index (χ4n) is 1.55. The Bertz CT molecular complexity index is 554. The fraction of sp³-hybridized carbons (Fsp3) is 0.400. The van der Waals surface area contributed by atoms with Crippen LogP contribution in [0.3, 0.4) is 0 Å². The van der Waals surface area contributed by atoms with Gasteiger partial charge >= 0.3 is 5.63 Å². The number of aromatic nitrogens is 2. The molecule has 0 bridgehead atoms. The van der Waals surface area contributed by atoms with E-state index in [1.165, 1.54) is 0 Å². The molecule has 0 N–H and O–H groups in total.